The summed E-state index contributed by atoms with van der Waals surface area (Å²) in [6.07, 6.45) is -3.29. The molecule has 1 atom stereocenters. The van der Waals surface area contributed by atoms with Crippen LogP contribution < -0.4 is 10.2 Å². The normalized spacial score (nSPS) is 20.2. The molecule has 1 saturated heterocycles. The van der Waals surface area contributed by atoms with Gasteiger partial charge < -0.3 is 10.2 Å². The van der Waals surface area contributed by atoms with E-state index in [9.17, 15) is 13.2 Å². The Morgan fingerprint density at radius 3 is 2.75 bits per heavy atom. The number of anilines is 1. The number of hydrogen-bond acceptors (Lipinski definition) is 2. The summed E-state index contributed by atoms with van der Waals surface area (Å²) in [4.78, 5) is 1.83. The van der Waals surface area contributed by atoms with Crippen molar-refractivity contribution in [3.05, 3.63) is 28.2 Å². The maximum atomic E-state index is 12.8. The van der Waals surface area contributed by atoms with Crippen LogP contribution in [0, 0.1) is 5.92 Å². The number of alkyl halides is 3. The van der Waals surface area contributed by atoms with Crippen LogP contribution in [0.5, 0.6) is 0 Å². The highest BCUT2D eigenvalue weighted by molar-refractivity contribution is 9.10. The zero-order valence-corrected chi connectivity index (χ0v) is 12.9. The molecule has 1 aliphatic rings. The largest absolute Gasteiger partial charge is 0.393 e. The van der Waals surface area contributed by atoms with Gasteiger partial charge in [-0.2, -0.15) is 13.2 Å². The molecule has 1 aromatic rings. The molecule has 20 heavy (non-hydrogen) atoms. The molecule has 1 N–H and O–H groups in total. The first-order valence-corrected chi connectivity index (χ1v) is 7.46. The van der Waals surface area contributed by atoms with Crippen molar-refractivity contribution in [2.24, 2.45) is 5.92 Å². The van der Waals surface area contributed by atoms with Gasteiger partial charge in [0.05, 0.1) is 11.6 Å². The molecule has 112 valence electrons. The van der Waals surface area contributed by atoms with Crippen molar-refractivity contribution < 1.29 is 13.2 Å². The second kappa shape index (κ2) is 6.35. The quantitative estimate of drug-likeness (QED) is 0.887. The van der Waals surface area contributed by atoms with Gasteiger partial charge >= 0.3 is 6.18 Å². The topological polar surface area (TPSA) is 15.3 Å². The minimum Gasteiger partial charge on any atom is -0.370 e. The molecule has 0 saturated carbocycles. The Balaban J connectivity index is 2.15. The Labute approximate surface area is 125 Å². The summed E-state index contributed by atoms with van der Waals surface area (Å²) in [6, 6.07) is 5.81. The smallest absolute Gasteiger partial charge is 0.370 e. The van der Waals surface area contributed by atoms with Crippen molar-refractivity contribution >= 4 is 21.6 Å². The first-order valence-electron chi connectivity index (χ1n) is 6.66. The average molecular weight is 351 g/mol. The Hall–Kier alpha value is -0.750. The van der Waals surface area contributed by atoms with E-state index in [1.165, 1.54) is 0 Å². The number of nitrogens with zero attached hydrogens (tertiary/aromatic N) is 1. The van der Waals surface area contributed by atoms with E-state index in [0.29, 0.717) is 13.0 Å². The lowest BCUT2D eigenvalue weighted by Gasteiger charge is -2.35. The molecule has 1 unspecified atom stereocenters. The van der Waals surface area contributed by atoms with Crippen molar-refractivity contribution in [2.45, 2.75) is 25.6 Å². The minimum atomic E-state index is -4.10. The standard InChI is InChI=1S/C14H18BrF3N2/c1-19-8-10-4-5-13(12(15)7-10)20-6-2-3-11(9-20)14(16,17)18/h4-5,7,11,19H,2-3,6,8-9H2,1H3. The van der Waals surface area contributed by atoms with Crippen molar-refractivity contribution in [3.8, 4) is 0 Å². The first-order chi connectivity index (χ1) is 9.41. The SMILES string of the molecule is CNCc1ccc(N2CCCC(C(F)(F)F)C2)c(Br)c1. The van der Waals surface area contributed by atoms with Crippen LogP contribution in [0.1, 0.15) is 18.4 Å². The predicted molar refractivity (Wildman–Crippen MR) is 77.9 cm³/mol. The number of hydrogen-bond donors (Lipinski definition) is 1. The van der Waals surface area contributed by atoms with Crippen LogP contribution in [0.2, 0.25) is 0 Å². The van der Waals surface area contributed by atoms with Crippen molar-refractivity contribution in [2.75, 3.05) is 25.0 Å². The molecule has 0 radical (unpaired) electrons. The van der Waals surface area contributed by atoms with E-state index in [-0.39, 0.29) is 13.0 Å². The number of halogens is 4. The lowest BCUT2D eigenvalue weighted by atomic mass is 9.97. The zero-order chi connectivity index (χ0) is 14.8. The summed E-state index contributed by atoms with van der Waals surface area (Å²) in [7, 11) is 1.86. The van der Waals surface area contributed by atoms with Gasteiger partial charge in [-0.3, -0.25) is 0 Å². The molecule has 0 bridgehead atoms. The van der Waals surface area contributed by atoms with E-state index in [1.54, 1.807) is 0 Å². The number of nitrogens with one attached hydrogen (secondary N) is 1. The summed E-state index contributed by atoms with van der Waals surface area (Å²) in [6.45, 7) is 1.47. The highest BCUT2D eigenvalue weighted by Crippen LogP contribution is 2.37. The van der Waals surface area contributed by atoms with E-state index in [1.807, 2.05) is 30.1 Å². The maximum absolute atomic E-state index is 12.8. The lowest BCUT2D eigenvalue weighted by molar-refractivity contribution is -0.175. The number of benzene rings is 1. The van der Waals surface area contributed by atoms with Crippen molar-refractivity contribution in [1.82, 2.24) is 5.32 Å². The van der Waals surface area contributed by atoms with Crippen LogP contribution in [0.25, 0.3) is 0 Å². The van der Waals surface area contributed by atoms with Crippen LogP contribution >= 0.6 is 15.9 Å². The Morgan fingerprint density at radius 2 is 2.15 bits per heavy atom. The monoisotopic (exact) mass is 350 g/mol. The molecule has 1 aliphatic heterocycles. The van der Waals surface area contributed by atoms with Crippen LogP contribution in [-0.4, -0.2) is 26.3 Å². The summed E-state index contributed by atoms with van der Waals surface area (Å²) in [5.41, 5.74) is 1.95. The third-order valence-corrected chi connectivity index (χ3v) is 4.25. The third kappa shape index (κ3) is 3.67. The summed E-state index contributed by atoms with van der Waals surface area (Å²) < 4.78 is 39.4. The second-order valence-electron chi connectivity index (χ2n) is 5.14. The van der Waals surface area contributed by atoms with Gasteiger partial charge in [0.1, 0.15) is 0 Å². The number of piperidine rings is 1. The van der Waals surface area contributed by atoms with E-state index in [0.717, 1.165) is 22.3 Å². The molecule has 6 heteroatoms. The molecule has 2 rings (SSSR count). The van der Waals surface area contributed by atoms with E-state index in [2.05, 4.69) is 21.2 Å². The molecule has 0 aliphatic carbocycles. The van der Waals surface area contributed by atoms with Crippen molar-refractivity contribution in [3.63, 3.8) is 0 Å². The van der Waals surface area contributed by atoms with Crippen molar-refractivity contribution in [1.29, 1.82) is 0 Å². The van der Waals surface area contributed by atoms with E-state index >= 15 is 0 Å². The molecule has 1 aromatic carbocycles. The lowest BCUT2D eigenvalue weighted by Crippen LogP contribution is -2.41. The van der Waals surface area contributed by atoms with Gasteiger partial charge in [0.25, 0.3) is 0 Å². The Morgan fingerprint density at radius 1 is 1.40 bits per heavy atom. The van der Waals surface area contributed by atoms with Gasteiger partial charge in [-0.25, -0.2) is 0 Å². The molecule has 1 heterocycles. The fourth-order valence-corrected chi connectivity index (χ4v) is 3.26. The zero-order valence-electron chi connectivity index (χ0n) is 11.3. The summed E-state index contributed by atoms with van der Waals surface area (Å²) in [5, 5.41) is 3.05. The van der Waals surface area contributed by atoms with E-state index in [4.69, 9.17) is 0 Å². The predicted octanol–water partition coefficient (Wildman–Crippen LogP) is 3.95. The third-order valence-electron chi connectivity index (χ3n) is 3.62. The molecule has 0 spiro atoms. The summed E-state index contributed by atoms with van der Waals surface area (Å²) >= 11 is 3.47. The molecular formula is C14H18BrF3N2. The van der Waals surface area contributed by atoms with Gasteiger partial charge in [-0.05, 0) is 53.5 Å². The highest BCUT2D eigenvalue weighted by atomic mass is 79.9. The maximum Gasteiger partial charge on any atom is 0.393 e. The Kier molecular flexibility index (Phi) is 4.96. The van der Waals surface area contributed by atoms with Gasteiger partial charge in [-0.15, -0.1) is 0 Å². The second-order valence-corrected chi connectivity index (χ2v) is 6.00. The van der Waals surface area contributed by atoms with Gasteiger partial charge in [-0.1, -0.05) is 6.07 Å². The van der Waals surface area contributed by atoms with Crippen LogP contribution in [-0.2, 0) is 6.54 Å². The minimum absolute atomic E-state index is 0.0491. The molecular weight excluding hydrogens is 333 g/mol. The van der Waals surface area contributed by atoms with Gasteiger partial charge in [0.2, 0.25) is 0 Å². The highest BCUT2D eigenvalue weighted by Gasteiger charge is 2.42. The molecule has 1 fully saturated rings. The van der Waals surface area contributed by atoms with Crippen LogP contribution in [0.15, 0.2) is 22.7 Å². The number of rotatable bonds is 3. The van der Waals surface area contributed by atoms with Gasteiger partial charge in [0.15, 0.2) is 0 Å². The van der Waals surface area contributed by atoms with Crippen LogP contribution in [0.3, 0.4) is 0 Å². The average Bonchev–Trinajstić information content (AvgIpc) is 2.38. The molecule has 0 amide bonds. The fourth-order valence-electron chi connectivity index (χ4n) is 2.58. The summed E-state index contributed by atoms with van der Waals surface area (Å²) in [5.74, 6) is -1.22. The van der Waals surface area contributed by atoms with Gasteiger partial charge in [0, 0.05) is 24.1 Å². The first kappa shape index (κ1) is 15.6. The molecule has 0 aromatic heterocycles. The van der Waals surface area contributed by atoms with E-state index < -0.39 is 12.1 Å². The van der Waals surface area contributed by atoms with Crippen LogP contribution in [0.4, 0.5) is 18.9 Å². The molecule has 2 nitrogen and oxygen atoms in total. The fraction of sp³-hybridized carbons (Fsp3) is 0.571. The Bertz CT molecular complexity index is 462.